The van der Waals surface area contributed by atoms with Crippen molar-refractivity contribution in [3.05, 3.63) is 0 Å². The van der Waals surface area contributed by atoms with Gasteiger partial charge >= 0.3 is 0 Å². The Morgan fingerprint density at radius 2 is 1.10 bits per heavy atom. The molecule has 0 unspecified atom stereocenters. The van der Waals surface area contributed by atoms with Crippen LogP contribution < -0.4 is 0 Å². The molecule has 2 nitrogen and oxygen atoms in total. The summed E-state index contributed by atoms with van der Waals surface area (Å²) in [7, 11) is 1.00. The first kappa shape index (κ1) is 24.6. The first-order chi connectivity index (χ1) is 9.45. The van der Waals surface area contributed by atoms with Crippen LogP contribution >= 0.6 is 0 Å². The van der Waals surface area contributed by atoms with E-state index in [4.69, 9.17) is 5.11 Å². The molecule has 124 valence electrons. The van der Waals surface area contributed by atoms with Crippen molar-refractivity contribution in [2.75, 3.05) is 7.11 Å². The predicted molar refractivity (Wildman–Crippen MR) is 91.1 cm³/mol. The standard InChI is InChI=1S/C6H12O.C6H12.C5H12.CH4O/c1-4-6(7)5(2)3;1-2-4-6-5-3-1;1-4-5(2)3;1-2/h5H,4H2,1-3H3;1-6H2;5H,4H2,1-3H3;2H,1H3. The topological polar surface area (TPSA) is 37.3 Å². The molecule has 0 aliphatic heterocycles. The Morgan fingerprint density at radius 1 is 0.850 bits per heavy atom. The van der Waals surface area contributed by atoms with Crippen molar-refractivity contribution in [3.8, 4) is 0 Å². The van der Waals surface area contributed by atoms with Gasteiger partial charge in [0.2, 0.25) is 0 Å². The number of carbonyl (C=O) groups is 1. The molecule has 1 N–H and O–H groups in total. The fourth-order valence-electron chi connectivity index (χ4n) is 1.47. The number of hydrogen-bond donors (Lipinski definition) is 1. The maximum absolute atomic E-state index is 10.5. The van der Waals surface area contributed by atoms with Crippen molar-refractivity contribution in [2.24, 2.45) is 11.8 Å². The molecular weight excluding hydrogens is 248 g/mol. The zero-order chi connectivity index (χ0) is 16.4. The van der Waals surface area contributed by atoms with E-state index in [0.717, 1.165) is 13.0 Å². The van der Waals surface area contributed by atoms with Crippen molar-refractivity contribution in [1.82, 2.24) is 0 Å². The minimum atomic E-state index is 0.227. The Morgan fingerprint density at radius 3 is 1.15 bits per heavy atom. The van der Waals surface area contributed by atoms with Gasteiger partial charge in [-0.05, 0) is 5.92 Å². The molecule has 1 fully saturated rings. The Labute approximate surface area is 128 Å². The van der Waals surface area contributed by atoms with E-state index in [-0.39, 0.29) is 5.92 Å². The lowest BCUT2D eigenvalue weighted by Crippen LogP contribution is -2.03. The number of hydrogen-bond acceptors (Lipinski definition) is 2. The lowest BCUT2D eigenvalue weighted by Gasteiger charge is -2.05. The van der Waals surface area contributed by atoms with E-state index in [1.807, 2.05) is 20.8 Å². The van der Waals surface area contributed by atoms with Gasteiger partial charge < -0.3 is 5.11 Å². The lowest BCUT2D eigenvalue weighted by molar-refractivity contribution is -0.121. The summed E-state index contributed by atoms with van der Waals surface area (Å²) in [6.45, 7) is 12.4. The van der Waals surface area contributed by atoms with Crippen LogP contribution in [0.4, 0.5) is 0 Å². The third-order valence-corrected chi connectivity index (χ3v) is 3.31. The van der Waals surface area contributed by atoms with E-state index < -0.39 is 0 Å². The van der Waals surface area contributed by atoms with Gasteiger partial charge in [-0.3, -0.25) is 4.79 Å². The maximum Gasteiger partial charge on any atom is 0.135 e. The Hall–Kier alpha value is -0.370. The highest BCUT2D eigenvalue weighted by Gasteiger charge is 2.00. The molecule has 1 rings (SSSR count). The smallest absolute Gasteiger partial charge is 0.135 e. The summed E-state index contributed by atoms with van der Waals surface area (Å²) in [6.07, 6.45) is 11.0. The van der Waals surface area contributed by atoms with Crippen molar-refractivity contribution in [3.63, 3.8) is 0 Å². The molecule has 1 saturated carbocycles. The molecule has 0 bridgehead atoms. The quantitative estimate of drug-likeness (QED) is 0.731. The summed E-state index contributed by atoms with van der Waals surface area (Å²) in [5.41, 5.74) is 0. The average Bonchev–Trinajstić information content (AvgIpc) is 2.51. The molecule has 0 saturated heterocycles. The molecule has 0 radical (unpaired) electrons. The van der Waals surface area contributed by atoms with Gasteiger partial charge in [0, 0.05) is 19.4 Å². The van der Waals surface area contributed by atoms with Crippen LogP contribution in [0.25, 0.3) is 0 Å². The highest BCUT2D eigenvalue weighted by atomic mass is 16.2. The average molecular weight is 289 g/mol. The Bertz CT molecular complexity index is 159. The minimum absolute atomic E-state index is 0.227. The zero-order valence-corrected chi connectivity index (χ0v) is 15.2. The minimum Gasteiger partial charge on any atom is -0.400 e. The fraction of sp³-hybridized carbons (Fsp3) is 0.944. The van der Waals surface area contributed by atoms with Crippen molar-refractivity contribution in [2.45, 2.75) is 92.9 Å². The van der Waals surface area contributed by atoms with Gasteiger partial charge in [-0.1, -0.05) is 86.5 Å². The molecule has 0 amide bonds. The number of carbonyl (C=O) groups excluding carboxylic acids is 1. The second kappa shape index (κ2) is 20.9. The van der Waals surface area contributed by atoms with Crippen LogP contribution in [0.15, 0.2) is 0 Å². The SMILES string of the molecule is C1CCCCC1.CCC(=O)C(C)C.CCC(C)C.CO. The number of Topliss-reactive ketones (excluding diaryl/α,β-unsaturated/α-hetero) is 1. The van der Waals surface area contributed by atoms with Gasteiger partial charge in [0.1, 0.15) is 5.78 Å². The van der Waals surface area contributed by atoms with E-state index in [1.54, 1.807) is 0 Å². The highest BCUT2D eigenvalue weighted by molar-refractivity contribution is 5.79. The summed E-state index contributed by atoms with van der Waals surface area (Å²) < 4.78 is 0. The van der Waals surface area contributed by atoms with Crippen LogP contribution in [-0.2, 0) is 4.79 Å². The molecule has 20 heavy (non-hydrogen) atoms. The summed E-state index contributed by atoms with van der Waals surface area (Å²) >= 11 is 0. The molecule has 0 atom stereocenters. The monoisotopic (exact) mass is 288 g/mol. The van der Waals surface area contributed by atoms with E-state index in [2.05, 4.69) is 20.8 Å². The Kier molecular flexibility index (Phi) is 25.8. The largest absolute Gasteiger partial charge is 0.400 e. The van der Waals surface area contributed by atoms with Crippen molar-refractivity contribution < 1.29 is 9.90 Å². The number of ketones is 1. The van der Waals surface area contributed by atoms with Crippen LogP contribution in [0.3, 0.4) is 0 Å². The zero-order valence-electron chi connectivity index (χ0n) is 15.2. The second-order valence-corrected chi connectivity index (χ2v) is 5.90. The van der Waals surface area contributed by atoms with Gasteiger partial charge in [0.25, 0.3) is 0 Å². The van der Waals surface area contributed by atoms with E-state index in [1.165, 1.54) is 44.9 Å². The van der Waals surface area contributed by atoms with E-state index >= 15 is 0 Å². The van der Waals surface area contributed by atoms with Gasteiger partial charge in [-0.25, -0.2) is 0 Å². The number of aliphatic hydroxyl groups is 1. The molecule has 0 aromatic rings. The molecular formula is C18H40O2. The lowest BCUT2D eigenvalue weighted by atomic mass is 10.0. The highest BCUT2D eigenvalue weighted by Crippen LogP contribution is 2.15. The van der Waals surface area contributed by atoms with Gasteiger partial charge in [0.15, 0.2) is 0 Å². The first-order valence-corrected chi connectivity index (χ1v) is 8.43. The first-order valence-electron chi connectivity index (χ1n) is 8.43. The summed E-state index contributed by atoms with van der Waals surface area (Å²) in [5, 5.41) is 7.00. The summed E-state index contributed by atoms with van der Waals surface area (Å²) in [6, 6.07) is 0. The predicted octanol–water partition coefficient (Wildman–Crippen LogP) is 5.62. The number of rotatable bonds is 3. The summed E-state index contributed by atoms with van der Waals surface area (Å²) in [5.74, 6) is 1.46. The number of aliphatic hydroxyl groups excluding tert-OH is 1. The van der Waals surface area contributed by atoms with Crippen LogP contribution in [0, 0.1) is 11.8 Å². The van der Waals surface area contributed by atoms with Crippen LogP contribution in [0.5, 0.6) is 0 Å². The molecule has 2 heteroatoms. The molecule has 0 spiro atoms. The molecule has 0 heterocycles. The fourth-order valence-corrected chi connectivity index (χ4v) is 1.47. The molecule has 1 aliphatic carbocycles. The second-order valence-electron chi connectivity index (χ2n) is 5.90. The van der Waals surface area contributed by atoms with Gasteiger partial charge in [0.05, 0.1) is 0 Å². The molecule has 0 aromatic heterocycles. The summed E-state index contributed by atoms with van der Waals surface area (Å²) in [4.78, 5) is 10.5. The van der Waals surface area contributed by atoms with Gasteiger partial charge in [-0.2, -0.15) is 0 Å². The van der Waals surface area contributed by atoms with Crippen LogP contribution in [0.1, 0.15) is 92.9 Å². The van der Waals surface area contributed by atoms with E-state index in [9.17, 15) is 4.79 Å². The third-order valence-electron chi connectivity index (χ3n) is 3.31. The Balaban J connectivity index is -0.000000206. The maximum atomic E-state index is 10.5. The van der Waals surface area contributed by atoms with E-state index in [0.29, 0.717) is 12.2 Å². The normalized spacial score (nSPS) is 13.3. The molecule has 1 aliphatic rings. The third kappa shape index (κ3) is 26.2. The van der Waals surface area contributed by atoms with Crippen molar-refractivity contribution in [1.29, 1.82) is 0 Å². The van der Waals surface area contributed by atoms with Crippen LogP contribution in [0.2, 0.25) is 0 Å². The molecule has 0 aromatic carbocycles. The van der Waals surface area contributed by atoms with Crippen molar-refractivity contribution >= 4 is 5.78 Å². The van der Waals surface area contributed by atoms with Gasteiger partial charge in [-0.15, -0.1) is 0 Å². The van der Waals surface area contributed by atoms with Crippen LogP contribution in [-0.4, -0.2) is 18.0 Å².